The second-order valence-electron chi connectivity index (χ2n) is 9.30. The fourth-order valence-electron chi connectivity index (χ4n) is 3.69. The molecular formula is C28H28F6O4S. The monoisotopic (exact) mass is 574 g/mol. The maximum atomic E-state index is 13.7. The molecule has 0 saturated heterocycles. The summed E-state index contributed by atoms with van der Waals surface area (Å²) in [4.78, 5) is 11.8. The van der Waals surface area contributed by atoms with Crippen LogP contribution in [0.25, 0.3) is 20.5 Å². The first-order chi connectivity index (χ1) is 18.2. The first kappa shape index (κ1) is 30.3. The molecule has 1 aromatic heterocycles. The number of ether oxygens (including phenoxy) is 3. The van der Waals surface area contributed by atoms with Gasteiger partial charge in [-0.05, 0) is 67.1 Å². The lowest BCUT2D eigenvalue weighted by Crippen LogP contribution is -2.44. The van der Waals surface area contributed by atoms with Gasteiger partial charge < -0.3 is 14.2 Å². The normalized spacial score (nSPS) is 13.6. The first-order valence-corrected chi connectivity index (χ1v) is 13.0. The Kier molecular flexibility index (Phi) is 9.58. The van der Waals surface area contributed by atoms with Gasteiger partial charge in [-0.1, -0.05) is 32.4 Å². The van der Waals surface area contributed by atoms with E-state index in [1.54, 1.807) is 24.3 Å². The summed E-state index contributed by atoms with van der Waals surface area (Å²) in [5, 5.41) is 0.672. The zero-order valence-corrected chi connectivity index (χ0v) is 22.2. The van der Waals surface area contributed by atoms with Crippen molar-refractivity contribution in [3.05, 3.63) is 60.7 Å². The Balaban J connectivity index is 1.86. The van der Waals surface area contributed by atoms with Crippen molar-refractivity contribution in [2.75, 3.05) is 13.2 Å². The molecule has 0 fully saturated rings. The van der Waals surface area contributed by atoms with Crippen LogP contribution in [0.15, 0.2) is 55.1 Å². The molecule has 0 aliphatic carbocycles. The minimum absolute atomic E-state index is 0.124. The van der Waals surface area contributed by atoms with Gasteiger partial charge in [0.25, 0.3) is 0 Å². The van der Waals surface area contributed by atoms with Crippen molar-refractivity contribution in [1.82, 2.24) is 0 Å². The Hall–Kier alpha value is -3.21. The summed E-state index contributed by atoms with van der Waals surface area (Å²) in [6.45, 7) is 4.29. The summed E-state index contributed by atoms with van der Waals surface area (Å²) in [6, 6.07) is 11.0. The molecule has 39 heavy (non-hydrogen) atoms. The van der Waals surface area contributed by atoms with Gasteiger partial charge in [-0.15, -0.1) is 24.5 Å². The molecule has 2 aromatic carbocycles. The van der Waals surface area contributed by atoms with Gasteiger partial charge in [0, 0.05) is 21.2 Å². The van der Waals surface area contributed by atoms with Gasteiger partial charge >= 0.3 is 18.5 Å². The van der Waals surface area contributed by atoms with E-state index < -0.39 is 37.1 Å². The van der Waals surface area contributed by atoms with Crippen LogP contribution in [0.2, 0.25) is 0 Å². The summed E-state index contributed by atoms with van der Waals surface area (Å²) >= 11 is 1.16. The van der Waals surface area contributed by atoms with Crippen molar-refractivity contribution in [3.8, 4) is 21.9 Å². The number of thiophene rings is 1. The average Bonchev–Trinajstić information content (AvgIpc) is 3.27. The van der Waals surface area contributed by atoms with Crippen molar-refractivity contribution < 1.29 is 45.3 Å². The van der Waals surface area contributed by atoms with Crippen molar-refractivity contribution in [3.63, 3.8) is 0 Å². The van der Waals surface area contributed by atoms with E-state index in [1.807, 2.05) is 6.92 Å². The van der Waals surface area contributed by atoms with Crippen LogP contribution in [0.4, 0.5) is 26.3 Å². The Morgan fingerprint density at radius 1 is 1.00 bits per heavy atom. The van der Waals surface area contributed by atoms with Gasteiger partial charge in [0.1, 0.15) is 30.1 Å². The Morgan fingerprint density at radius 2 is 1.74 bits per heavy atom. The number of carbonyl (C=O) groups excluding carboxylic acids is 1. The molecular weight excluding hydrogens is 546 g/mol. The summed E-state index contributed by atoms with van der Waals surface area (Å²) in [6.07, 6.45) is -5.43. The molecule has 0 saturated carbocycles. The summed E-state index contributed by atoms with van der Waals surface area (Å²) in [5.41, 5.74) is -1.50. The lowest BCUT2D eigenvalue weighted by molar-refractivity contribution is -0.274. The van der Waals surface area contributed by atoms with E-state index in [1.165, 1.54) is 18.2 Å². The van der Waals surface area contributed by atoms with E-state index in [2.05, 4.69) is 16.1 Å². The number of aryl methyl sites for hydroxylation is 1. The number of benzene rings is 2. The van der Waals surface area contributed by atoms with E-state index in [0.717, 1.165) is 49.2 Å². The van der Waals surface area contributed by atoms with E-state index in [-0.39, 0.29) is 17.1 Å². The van der Waals surface area contributed by atoms with E-state index in [4.69, 9.17) is 4.74 Å². The second-order valence-corrected chi connectivity index (χ2v) is 10.4. The van der Waals surface area contributed by atoms with Crippen LogP contribution in [-0.4, -0.2) is 31.7 Å². The standard InChI is InChI=1S/C28H28F6O4S/c1-4-6-7-8-18-9-12-21(22(13-18)38-28(32,33)34)24-14-19-10-11-20(15-23(19)39-24)36-16-26(3,27(29,30)31)17-37-25(35)5-2/h5,9-15H,2,4,6-8,16-17H2,1,3H3. The number of carbonyl (C=O) groups is 1. The Morgan fingerprint density at radius 3 is 2.38 bits per heavy atom. The quantitative estimate of drug-likeness (QED) is 0.0938. The molecule has 0 aliphatic heterocycles. The Labute approximate surface area is 226 Å². The number of unbranched alkanes of at least 4 members (excludes halogenated alkanes) is 2. The number of fused-ring (bicyclic) bond motifs is 1. The number of hydrogen-bond donors (Lipinski definition) is 0. The average molecular weight is 575 g/mol. The molecule has 0 N–H and O–H groups in total. The maximum Gasteiger partial charge on any atom is 0.573 e. The van der Waals surface area contributed by atoms with Crippen LogP contribution >= 0.6 is 11.3 Å². The molecule has 4 nitrogen and oxygen atoms in total. The minimum Gasteiger partial charge on any atom is -0.492 e. The minimum atomic E-state index is -4.88. The highest BCUT2D eigenvalue weighted by atomic mass is 32.1. The van der Waals surface area contributed by atoms with Crippen LogP contribution in [0.5, 0.6) is 11.5 Å². The molecule has 11 heteroatoms. The van der Waals surface area contributed by atoms with E-state index >= 15 is 0 Å². The highest BCUT2D eigenvalue weighted by molar-refractivity contribution is 7.22. The highest BCUT2D eigenvalue weighted by Crippen LogP contribution is 2.42. The number of esters is 1. The fourth-order valence-corrected chi connectivity index (χ4v) is 4.81. The van der Waals surface area contributed by atoms with E-state index in [0.29, 0.717) is 21.4 Å². The number of hydrogen-bond acceptors (Lipinski definition) is 5. The maximum absolute atomic E-state index is 13.7. The third kappa shape index (κ3) is 8.14. The summed E-state index contributed by atoms with van der Waals surface area (Å²) < 4.78 is 95.6. The molecule has 1 unspecified atom stereocenters. The lowest BCUT2D eigenvalue weighted by Gasteiger charge is -2.31. The van der Waals surface area contributed by atoms with Crippen LogP contribution in [-0.2, 0) is 16.0 Å². The van der Waals surface area contributed by atoms with Crippen molar-refractivity contribution in [2.45, 2.75) is 52.1 Å². The van der Waals surface area contributed by atoms with E-state index in [9.17, 15) is 31.1 Å². The smallest absolute Gasteiger partial charge is 0.492 e. The zero-order chi connectivity index (χ0) is 28.8. The SMILES string of the molecule is C=CC(=O)OCC(C)(COc1ccc2cc(-c3ccc(CCCCC)cc3OC(F)(F)F)sc2c1)C(F)(F)F. The number of halogens is 6. The van der Waals surface area contributed by atoms with Gasteiger partial charge in [0.2, 0.25) is 0 Å². The largest absolute Gasteiger partial charge is 0.573 e. The molecule has 3 aromatic rings. The first-order valence-electron chi connectivity index (χ1n) is 12.2. The predicted molar refractivity (Wildman–Crippen MR) is 138 cm³/mol. The lowest BCUT2D eigenvalue weighted by atomic mass is 9.92. The zero-order valence-electron chi connectivity index (χ0n) is 21.4. The third-order valence-corrected chi connectivity index (χ3v) is 7.17. The molecule has 3 rings (SSSR count). The van der Waals surface area contributed by atoms with Crippen molar-refractivity contribution >= 4 is 27.4 Å². The van der Waals surface area contributed by atoms with Crippen LogP contribution in [0, 0.1) is 5.41 Å². The van der Waals surface area contributed by atoms with Crippen molar-refractivity contribution in [2.24, 2.45) is 5.41 Å². The third-order valence-electron chi connectivity index (χ3n) is 6.04. The number of alkyl halides is 6. The van der Waals surface area contributed by atoms with Gasteiger partial charge in [-0.2, -0.15) is 13.2 Å². The molecule has 212 valence electrons. The predicted octanol–water partition coefficient (Wildman–Crippen LogP) is 8.88. The van der Waals surface area contributed by atoms with Gasteiger partial charge in [0.15, 0.2) is 0 Å². The molecule has 0 amide bonds. The topological polar surface area (TPSA) is 44.8 Å². The molecule has 0 bridgehead atoms. The molecule has 1 heterocycles. The van der Waals surface area contributed by atoms with Crippen LogP contribution in [0.1, 0.15) is 38.7 Å². The van der Waals surface area contributed by atoms with Gasteiger partial charge in [0.05, 0.1) is 0 Å². The molecule has 1 atom stereocenters. The number of rotatable bonds is 12. The second kappa shape index (κ2) is 12.3. The summed E-state index contributed by atoms with van der Waals surface area (Å²) in [5.74, 6) is -1.17. The van der Waals surface area contributed by atoms with Gasteiger partial charge in [-0.25, -0.2) is 4.79 Å². The molecule has 0 spiro atoms. The molecule has 0 aliphatic rings. The fraction of sp³-hybridized carbons (Fsp3) is 0.393. The summed E-state index contributed by atoms with van der Waals surface area (Å²) in [7, 11) is 0. The van der Waals surface area contributed by atoms with Gasteiger partial charge in [-0.3, -0.25) is 0 Å². The Bertz CT molecular complexity index is 1300. The van der Waals surface area contributed by atoms with Crippen molar-refractivity contribution in [1.29, 1.82) is 0 Å². The van der Waals surface area contributed by atoms with Crippen LogP contribution < -0.4 is 9.47 Å². The highest BCUT2D eigenvalue weighted by Gasteiger charge is 2.53. The van der Waals surface area contributed by atoms with Crippen LogP contribution in [0.3, 0.4) is 0 Å². The molecule has 0 radical (unpaired) electrons.